The summed E-state index contributed by atoms with van der Waals surface area (Å²) in [5.74, 6) is 0. The maximum Gasteiger partial charge on any atom is 0.238 e. The number of benzene rings is 1. The van der Waals surface area contributed by atoms with E-state index in [-0.39, 0.29) is 4.90 Å². The Morgan fingerprint density at radius 1 is 1.27 bits per heavy atom. The van der Waals surface area contributed by atoms with Crippen LogP contribution < -0.4 is 5.14 Å². The van der Waals surface area contributed by atoms with E-state index in [0.29, 0.717) is 0 Å². The predicted molar refractivity (Wildman–Crippen MR) is 65.3 cm³/mol. The molecule has 2 N–H and O–H groups in total. The fourth-order valence-corrected chi connectivity index (χ4v) is 1.83. The molecule has 0 saturated heterocycles. The molecule has 1 rings (SSSR count). The molecule has 0 saturated carbocycles. The van der Waals surface area contributed by atoms with Crippen LogP contribution in [0.1, 0.15) is 12.0 Å². The van der Waals surface area contributed by atoms with E-state index in [1.54, 1.807) is 12.1 Å². The zero-order valence-corrected chi connectivity index (χ0v) is 10.5. The quantitative estimate of drug-likeness (QED) is 0.864. The van der Waals surface area contributed by atoms with Gasteiger partial charge in [-0.1, -0.05) is 40.2 Å². The molecule has 0 amide bonds. The van der Waals surface area contributed by atoms with Crippen molar-refractivity contribution in [3.8, 4) is 0 Å². The molecule has 0 aliphatic rings. The van der Waals surface area contributed by atoms with Gasteiger partial charge in [0, 0.05) is 5.33 Å². The van der Waals surface area contributed by atoms with Crippen molar-refractivity contribution in [3.63, 3.8) is 0 Å². The van der Waals surface area contributed by atoms with E-state index < -0.39 is 10.0 Å². The SMILES string of the molecule is NS(=O)(=O)c1ccc(C=CCCBr)cc1. The Bertz CT molecular complexity index is 437. The van der Waals surface area contributed by atoms with Crippen LogP contribution in [0.15, 0.2) is 35.2 Å². The second-order valence-corrected chi connectivity index (χ2v) is 5.35. The molecule has 1 aromatic carbocycles. The van der Waals surface area contributed by atoms with Crippen LogP contribution in [-0.2, 0) is 10.0 Å². The topological polar surface area (TPSA) is 60.2 Å². The van der Waals surface area contributed by atoms with E-state index in [1.807, 2.05) is 12.2 Å². The van der Waals surface area contributed by atoms with Crippen LogP contribution in [0, 0.1) is 0 Å². The van der Waals surface area contributed by atoms with Gasteiger partial charge in [-0.25, -0.2) is 13.6 Å². The van der Waals surface area contributed by atoms with Crippen molar-refractivity contribution in [2.45, 2.75) is 11.3 Å². The number of nitrogens with two attached hydrogens (primary N) is 1. The van der Waals surface area contributed by atoms with Crippen molar-refractivity contribution in [1.29, 1.82) is 0 Å². The standard InChI is InChI=1S/C10H12BrNO2S/c11-8-2-1-3-9-4-6-10(7-5-9)15(12,13)14/h1,3-7H,2,8H2,(H2,12,13,14). The zero-order valence-electron chi connectivity index (χ0n) is 8.06. The first-order chi connectivity index (χ1) is 7.04. The molecule has 0 heterocycles. The van der Waals surface area contributed by atoms with Gasteiger partial charge in [-0.3, -0.25) is 0 Å². The smallest absolute Gasteiger partial charge is 0.225 e. The molecule has 82 valence electrons. The van der Waals surface area contributed by atoms with Crippen molar-refractivity contribution in [2.75, 3.05) is 5.33 Å². The maximum absolute atomic E-state index is 11.0. The molecule has 0 bridgehead atoms. The summed E-state index contributed by atoms with van der Waals surface area (Å²) in [6.07, 6.45) is 4.89. The van der Waals surface area contributed by atoms with Gasteiger partial charge < -0.3 is 0 Å². The Kier molecular flexibility index (Phi) is 4.50. The molecule has 0 spiro atoms. The Morgan fingerprint density at radius 2 is 1.87 bits per heavy atom. The minimum absolute atomic E-state index is 0.139. The number of sulfonamides is 1. The van der Waals surface area contributed by atoms with E-state index >= 15 is 0 Å². The van der Waals surface area contributed by atoms with Gasteiger partial charge in [0.05, 0.1) is 4.90 Å². The molecule has 3 nitrogen and oxygen atoms in total. The molecule has 0 aliphatic heterocycles. The summed E-state index contributed by atoms with van der Waals surface area (Å²) in [7, 11) is -3.58. The molecule has 0 unspecified atom stereocenters. The lowest BCUT2D eigenvalue weighted by Crippen LogP contribution is -2.11. The summed E-state index contributed by atoms with van der Waals surface area (Å²) >= 11 is 3.31. The largest absolute Gasteiger partial charge is 0.238 e. The van der Waals surface area contributed by atoms with Crippen LogP contribution in [0.3, 0.4) is 0 Å². The van der Waals surface area contributed by atoms with Crippen molar-refractivity contribution in [1.82, 2.24) is 0 Å². The van der Waals surface area contributed by atoms with Crippen LogP contribution in [-0.4, -0.2) is 13.7 Å². The van der Waals surface area contributed by atoms with E-state index in [4.69, 9.17) is 5.14 Å². The molecule has 5 heteroatoms. The average Bonchev–Trinajstić information content (AvgIpc) is 2.18. The van der Waals surface area contributed by atoms with Crippen LogP contribution in [0.4, 0.5) is 0 Å². The molecule has 1 aromatic rings. The zero-order chi connectivity index (χ0) is 11.3. The Morgan fingerprint density at radius 3 is 2.33 bits per heavy atom. The van der Waals surface area contributed by atoms with Gasteiger partial charge in [0.2, 0.25) is 10.0 Å². The van der Waals surface area contributed by atoms with Crippen LogP contribution >= 0.6 is 15.9 Å². The van der Waals surface area contributed by atoms with E-state index in [9.17, 15) is 8.42 Å². The number of halogens is 1. The monoisotopic (exact) mass is 289 g/mol. The second-order valence-electron chi connectivity index (χ2n) is 2.99. The number of alkyl halides is 1. The molecular formula is C10H12BrNO2S. The third kappa shape index (κ3) is 4.15. The summed E-state index contributed by atoms with van der Waals surface area (Å²) in [4.78, 5) is 0.139. The molecule has 0 aliphatic carbocycles. The highest BCUT2D eigenvalue weighted by atomic mass is 79.9. The fourth-order valence-electron chi connectivity index (χ4n) is 1.05. The molecule has 0 radical (unpaired) electrons. The van der Waals surface area contributed by atoms with E-state index in [0.717, 1.165) is 17.3 Å². The maximum atomic E-state index is 11.0. The Balaban J connectivity index is 2.82. The van der Waals surface area contributed by atoms with Crippen molar-refractivity contribution in [3.05, 3.63) is 35.9 Å². The van der Waals surface area contributed by atoms with Crippen molar-refractivity contribution < 1.29 is 8.42 Å². The summed E-state index contributed by atoms with van der Waals surface area (Å²) in [6.45, 7) is 0. The summed E-state index contributed by atoms with van der Waals surface area (Å²) in [5, 5.41) is 5.89. The molecule has 0 fully saturated rings. The number of rotatable bonds is 4. The Labute approximate surface area is 98.2 Å². The van der Waals surface area contributed by atoms with Gasteiger partial charge >= 0.3 is 0 Å². The number of hydrogen-bond donors (Lipinski definition) is 1. The van der Waals surface area contributed by atoms with Gasteiger partial charge in [-0.2, -0.15) is 0 Å². The highest BCUT2D eigenvalue weighted by molar-refractivity contribution is 9.09. The predicted octanol–water partition coefficient (Wildman–Crippen LogP) is 2.13. The normalized spacial score (nSPS) is 12.1. The van der Waals surface area contributed by atoms with Gasteiger partial charge in [0.1, 0.15) is 0 Å². The van der Waals surface area contributed by atoms with Gasteiger partial charge in [-0.05, 0) is 24.1 Å². The first kappa shape index (κ1) is 12.4. The van der Waals surface area contributed by atoms with Crippen molar-refractivity contribution >= 4 is 32.0 Å². The van der Waals surface area contributed by atoms with Crippen LogP contribution in [0.2, 0.25) is 0 Å². The summed E-state index contributed by atoms with van der Waals surface area (Å²) in [6, 6.07) is 6.46. The highest BCUT2D eigenvalue weighted by Gasteiger charge is 2.05. The summed E-state index contributed by atoms with van der Waals surface area (Å²) in [5.41, 5.74) is 0.961. The number of hydrogen-bond acceptors (Lipinski definition) is 2. The lowest BCUT2D eigenvalue weighted by molar-refractivity contribution is 0.598. The van der Waals surface area contributed by atoms with Gasteiger partial charge in [-0.15, -0.1) is 0 Å². The molecule has 0 atom stereocenters. The summed E-state index contributed by atoms with van der Waals surface area (Å²) < 4.78 is 21.9. The van der Waals surface area contributed by atoms with E-state index in [1.165, 1.54) is 12.1 Å². The van der Waals surface area contributed by atoms with Gasteiger partial charge in [0.25, 0.3) is 0 Å². The first-order valence-corrected chi connectivity index (χ1v) is 7.06. The molecular weight excluding hydrogens is 278 g/mol. The Hall–Kier alpha value is -0.650. The lowest BCUT2D eigenvalue weighted by Gasteiger charge is -1.98. The van der Waals surface area contributed by atoms with Crippen molar-refractivity contribution in [2.24, 2.45) is 5.14 Å². The number of allylic oxidation sites excluding steroid dienone is 1. The van der Waals surface area contributed by atoms with E-state index in [2.05, 4.69) is 15.9 Å². The molecule has 15 heavy (non-hydrogen) atoms. The first-order valence-electron chi connectivity index (χ1n) is 4.39. The molecule has 0 aromatic heterocycles. The highest BCUT2D eigenvalue weighted by Crippen LogP contribution is 2.10. The second kappa shape index (κ2) is 5.44. The third-order valence-corrected chi connectivity index (χ3v) is 3.18. The average molecular weight is 290 g/mol. The lowest BCUT2D eigenvalue weighted by atomic mass is 10.2. The van der Waals surface area contributed by atoms with Crippen LogP contribution in [0.25, 0.3) is 6.08 Å². The van der Waals surface area contributed by atoms with Gasteiger partial charge in [0.15, 0.2) is 0 Å². The number of primary sulfonamides is 1. The van der Waals surface area contributed by atoms with Crippen LogP contribution in [0.5, 0.6) is 0 Å². The third-order valence-electron chi connectivity index (χ3n) is 1.79. The minimum atomic E-state index is -3.58. The minimum Gasteiger partial charge on any atom is -0.225 e. The fraction of sp³-hybridized carbons (Fsp3) is 0.200.